The van der Waals surface area contributed by atoms with Crippen LogP contribution in [0.3, 0.4) is 0 Å². The van der Waals surface area contributed by atoms with Gasteiger partial charge in [0.05, 0.1) is 34.1 Å². The van der Waals surface area contributed by atoms with Crippen LogP contribution in [0.25, 0.3) is 89.0 Å². The molecular formula is C103H80N2. The summed E-state index contributed by atoms with van der Waals surface area (Å²) in [5.41, 5.74) is 44.6. The third-order valence-electron chi connectivity index (χ3n) is 23.5. The second kappa shape index (κ2) is 24.3. The van der Waals surface area contributed by atoms with Gasteiger partial charge in [0.15, 0.2) is 0 Å². The third kappa shape index (κ3) is 10.3. The number of anilines is 6. The van der Waals surface area contributed by atoms with Gasteiger partial charge in [-0.15, -0.1) is 0 Å². The molecule has 0 unspecified atom stereocenters. The number of rotatable bonds is 9. The van der Waals surface area contributed by atoms with E-state index in [2.05, 4.69) is 379 Å². The number of hydrogen-bond donors (Lipinski definition) is 0. The van der Waals surface area contributed by atoms with Crippen molar-refractivity contribution in [1.29, 1.82) is 0 Å². The third-order valence-corrected chi connectivity index (χ3v) is 23.5. The van der Waals surface area contributed by atoms with E-state index in [0.29, 0.717) is 0 Å². The van der Waals surface area contributed by atoms with Gasteiger partial charge in [-0.05, 0) is 230 Å². The molecule has 2 heterocycles. The minimum Gasteiger partial charge on any atom is -0.309 e. The van der Waals surface area contributed by atoms with Gasteiger partial charge < -0.3 is 9.80 Å². The summed E-state index contributed by atoms with van der Waals surface area (Å²) in [4.78, 5) is 5.55. The Hall–Kier alpha value is -12.1. The lowest BCUT2D eigenvalue weighted by molar-refractivity contribution is 0.590. The SMILES string of the molecule is CC(C)(C)c1cc(-c2ccccc2)c(N2c3cc(-c4ccc5c(c4)-c4ccccc4C5)ccc3C3c4ccc(-c5ccc6c(c5)-c5ccccc5C6)cc4N(c4c(-c5ccccc5)cc(C(C)(C)C)cc4-c4ccccc4)c4cc(C5c6ccccc6Cc6ccccc65)cc2c43)c(-c2ccccc2)c1. The maximum Gasteiger partial charge on any atom is 0.0618 e. The summed E-state index contributed by atoms with van der Waals surface area (Å²) in [6.07, 6.45) is 2.76. The van der Waals surface area contributed by atoms with Crippen LogP contribution in [0.15, 0.2) is 328 Å². The molecule has 502 valence electrons. The molecule has 0 atom stereocenters. The first kappa shape index (κ1) is 62.7. The molecule has 3 aliphatic carbocycles. The molecule has 0 aromatic heterocycles. The molecule has 2 aliphatic heterocycles. The van der Waals surface area contributed by atoms with Gasteiger partial charge in [-0.3, -0.25) is 0 Å². The Morgan fingerprint density at radius 1 is 0.229 bits per heavy atom. The quantitative estimate of drug-likeness (QED) is 0.142. The molecule has 0 fully saturated rings. The second-order valence-electron chi connectivity index (χ2n) is 31.8. The number of hydrogen-bond acceptors (Lipinski definition) is 2. The Bertz CT molecular complexity index is 5540. The average molecular weight is 1350 g/mol. The normalized spacial score (nSPS) is 13.8. The fraction of sp³-hybridized carbons (Fsp3) is 0.126. The lowest BCUT2D eigenvalue weighted by Crippen LogP contribution is -2.31. The van der Waals surface area contributed by atoms with Crippen LogP contribution in [0.1, 0.15) is 131 Å². The molecule has 15 aromatic rings. The van der Waals surface area contributed by atoms with Crippen LogP contribution in [-0.2, 0) is 30.1 Å². The van der Waals surface area contributed by atoms with Gasteiger partial charge in [0, 0.05) is 39.7 Å². The first-order valence-corrected chi connectivity index (χ1v) is 37.6. The minimum absolute atomic E-state index is 0.116. The van der Waals surface area contributed by atoms with Gasteiger partial charge in [-0.2, -0.15) is 0 Å². The lowest BCUT2D eigenvalue weighted by Gasteiger charge is -2.47. The summed E-state index contributed by atoms with van der Waals surface area (Å²) < 4.78 is 0. The number of nitrogens with zero attached hydrogens (tertiary/aromatic N) is 2. The predicted molar refractivity (Wildman–Crippen MR) is 440 cm³/mol. The van der Waals surface area contributed by atoms with E-state index in [0.717, 1.165) is 30.6 Å². The Kier molecular flexibility index (Phi) is 14.5. The predicted octanol–water partition coefficient (Wildman–Crippen LogP) is 27.3. The molecule has 5 aliphatic rings. The standard InChI is InChI=1S/C103H80N2/c1-102(2,3)79-60-89(64-27-11-7-12-28-64)100(90(61-79)65-29-13-8-14-30-65)104-93-56-70(68-43-45-76-51-72-35-19-23-39-81(72)87(76)54-68)47-49-85(93)98-86-50-48-71(69-44-46-77-52-73-36-20-24-40-82(73)88(77)55-69)57-94(86)105(101-91(66-31-15-9-16-32-66)62-80(103(4,5)6)63-92(101)67-33-17-10-18-34-67)96-59-78(58-95(104)99(96)98)97-83-41-25-21-37-74(83)53-75-38-22-26-42-84(75)97/h7-50,54-63,97-98H,51-53H2,1-6H3. The van der Waals surface area contributed by atoms with E-state index in [9.17, 15) is 0 Å². The van der Waals surface area contributed by atoms with Crippen molar-refractivity contribution in [3.63, 3.8) is 0 Å². The van der Waals surface area contributed by atoms with Gasteiger partial charge in [0.25, 0.3) is 0 Å². The van der Waals surface area contributed by atoms with Gasteiger partial charge in [-0.25, -0.2) is 0 Å². The first-order chi connectivity index (χ1) is 51.3. The van der Waals surface area contributed by atoms with Crippen molar-refractivity contribution in [3.05, 3.63) is 405 Å². The largest absolute Gasteiger partial charge is 0.309 e. The zero-order valence-corrected chi connectivity index (χ0v) is 60.3. The van der Waals surface area contributed by atoms with Crippen LogP contribution in [-0.4, -0.2) is 0 Å². The molecule has 0 amide bonds. The highest BCUT2D eigenvalue weighted by atomic mass is 15.2. The molecule has 0 N–H and O–H groups in total. The van der Waals surface area contributed by atoms with Gasteiger partial charge >= 0.3 is 0 Å². The highest BCUT2D eigenvalue weighted by Gasteiger charge is 2.45. The van der Waals surface area contributed by atoms with Crippen molar-refractivity contribution in [2.24, 2.45) is 0 Å². The van der Waals surface area contributed by atoms with Crippen LogP contribution >= 0.6 is 0 Å². The van der Waals surface area contributed by atoms with E-state index in [1.165, 1.54) is 190 Å². The van der Waals surface area contributed by atoms with Crippen LogP contribution in [0.5, 0.6) is 0 Å². The maximum atomic E-state index is 2.77. The zero-order valence-electron chi connectivity index (χ0n) is 60.3. The molecular weight excluding hydrogens is 1270 g/mol. The first-order valence-electron chi connectivity index (χ1n) is 37.6. The zero-order chi connectivity index (χ0) is 70.4. The topological polar surface area (TPSA) is 6.48 Å². The summed E-state index contributed by atoms with van der Waals surface area (Å²) in [6, 6.07) is 127. The summed E-state index contributed by atoms with van der Waals surface area (Å²) in [6.45, 7) is 14.2. The second-order valence-corrected chi connectivity index (χ2v) is 31.8. The van der Waals surface area contributed by atoms with Crippen LogP contribution in [0.2, 0.25) is 0 Å². The summed E-state index contributed by atoms with van der Waals surface area (Å²) >= 11 is 0. The highest BCUT2D eigenvalue weighted by molar-refractivity contribution is 6.08. The molecule has 0 saturated carbocycles. The molecule has 0 spiro atoms. The van der Waals surface area contributed by atoms with Crippen molar-refractivity contribution in [2.75, 3.05) is 9.80 Å². The molecule has 2 heteroatoms. The van der Waals surface area contributed by atoms with Crippen molar-refractivity contribution < 1.29 is 0 Å². The molecule has 0 saturated heterocycles. The fourth-order valence-electron chi connectivity index (χ4n) is 18.3. The van der Waals surface area contributed by atoms with Gasteiger partial charge in [0.1, 0.15) is 0 Å². The monoisotopic (exact) mass is 1340 g/mol. The van der Waals surface area contributed by atoms with Crippen LogP contribution in [0, 0.1) is 0 Å². The lowest BCUT2D eigenvalue weighted by atomic mass is 9.71. The summed E-state index contributed by atoms with van der Waals surface area (Å²) in [5, 5.41) is 0. The van der Waals surface area contributed by atoms with E-state index < -0.39 is 0 Å². The molecule has 0 bridgehead atoms. The van der Waals surface area contributed by atoms with E-state index in [1.54, 1.807) is 0 Å². The number of benzene rings is 15. The van der Waals surface area contributed by atoms with Crippen LogP contribution in [0.4, 0.5) is 34.1 Å². The van der Waals surface area contributed by atoms with Gasteiger partial charge in [0.2, 0.25) is 0 Å². The van der Waals surface area contributed by atoms with Crippen molar-refractivity contribution >= 4 is 34.1 Å². The van der Waals surface area contributed by atoms with E-state index in [1.807, 2.05) is 0 Å². The molecule has 105 heavy (non-hydrogen) atoms. The van der Waals surface area contributed by atoms with Crippen LogP contribution < -0.4 is 9.80 Å². The highest BCUT2D eigenvalue weighted by Crippen LogP contribution is 2.66. The van der Waals surface area contributed by atoms with Crippen molar-refractivity contribution in [2.45, 2.75) is 83.5 Å². The van der Waals surface area contributed by atoms with Crippen molar-refractivity contribution in [3.8, 4) is 89.0 Å². The average Bonchev–Trinajstić information content (AvgIpc) is 1.57. The Balaban J connectivity index is 0.968. The summed E-state index contributed by atoms with van der Waals surface area (Å²) in [5.74, 6) is -0.340. The smallest absolute Gasteiger partial charge is 0.0618 e. The van der Waals surface area contributed by atoms with E-state index >= 15 is 0 Å². The van der Waals surface area contributed by atoms with Gasteiger partial charge in [-0.1, -0.05) is 308 Å². The Morgan fingerprint density at radius 2 is 0.543 bits per heavy atom. The molecule has 2 nitrogen and oxygen atoms in total. The maximum absolute atomic E-state index is 2.77. The van der Waals surface area contributed by atoms with Crippen molar-refractivity contribution in [1.82, 2.24) is 0 Å². The molecule has 15 aromatic carbocycles. The van der Waals surface area contributed by atoms with E-state index in [-0.39, 0.29) is 22.7 Å². The fourth-order valence-corrected chi connectivity index (χ4v) is 18.3. The molecule has 20 rings (SSSR count). The number of fused-ring (bicyclic) bond motifs is 12. The Labute approximate surface area is 617 Å². The van der Waals surface area contributed by atoms with E-state index in [4.69, 9.17) is 0 Å². The molecule has 0 radical (unpaired) electrons. The summed E-state index contributed by atoms with van der Waals surface area (Å²) in [7, 11) is 0. The Morgan fingerprint density at radius 3 is 0.924 bits per heavy atom. The minimum atomic E-state index is -0.224.